The first-order valence-corrected chi connectivity index (χ1v) is 8.13. The van der Waals surface area contributed by atoms with E-state index < -0.39 is 0 Å². The Morgan fingerprint density at radius 2 is 2.33 bits per heavy atom. The summed E-state index contributed by atoms with van der Waals surface area (Å²) in [6.45, 7) is 1.62. The van der Waals surface area contributed by atoms with Crippen molar-refractivity contribution in [2.75, 3.05) is 30.8 Å². The normalized spacial score (nSPS) is 21.1. The number of aliphatic hydroxyl groups excluding tert-OH is 1. The number of amides is 2. The molecule has 0 spiro atoms. The van der Waals surface area contributed by atoms with E-state index in [0.717, 1.165) is 30.0 Å². The lowest BCUT2D eigenvalue weighted by atomic mass is 10.1. The molecule has 0 saturated carbocycles. The quantitative estimate of drug-likeness (QED) is 0.889. The first-order chi connectivity index (χ1) is 10.2. The van der Waals surface area contributed by atoms with Gasteiger partial charge < -0.3 is 15.3 Å². The molecule has 1 fully saturated rings. The monoisotopic (exact) mass is 306 g/mol. The summed E-state index contributed by atoms with van der Waals surface area (Å²) >= 11 is 1.49. The fourth-order valence-corrected chi connectivity index (χ4v) is 3.62. The van der Waals surface area contributed by atoms with Crippen LogP contribution in [0.25, 0.3) is 0 Å². The summed E-state index contributed by atoms with van der Waals surface area (Å²) < 4.78 is 0. The third-order valence-corrected chi connectivity index (χ3v) is 5.04. The number of fused-ring (bicyclic) bond motifs is 1. The molecule has 2 amide bonds. The number of nitrogens with one attached hydrogen (secondary N) is 1. The molecule has 1 saturated heterocycles. The molecule has 0 radical (unpaired) electrons. The van der Waals surface area contributed by atoms with Gasteiger partial charge in [-0.25, -0.2) is 0 Å². The van der Waals surface area contributed by atoms with Crippen LogP contribution in [0.5, 0.6) is 0 Å². The van der Waals surface area contributed by atoms with Gasteiger partial charge in [-0.2, -0.15) is 0 Å². The summed E-state index contributed by atoms with van der Waals surface area (Å²) in [6.07, 6.45) is 1.70. The molecule has 1 aromatic rings. The van der Waals surface area contributed by atoms with Gasteiger partial charge in [0.05, 0.1) is 11.4 Å². The molecule has 0 bridgehead atoms. The molecule has 1 atom stereocenters. The Bertz CT molecular complexity index is 576. The third-order valence-electron chi connectivity index (χ3n) is 3.97. The van der Waals surface area contributed by atoms with Crippen molar-refractivity contribution in [3.05, 3.63) is 23.8 Å². The standard InChI is InChI=1S/C15H18N2O3S/c18-6-4-10-3-5-17(8-10)15(20)11-1-2-13-12(7-11)16-14(19)9-21-13/h1-2,7,10,18H,3-6,8-9H2,(H,16,19). The highest BCUT2D eigenvalue weighted by Crippen LogP contribution is 2.32. The van der Waals surface area contributed by atoms with Crippen molar-refractivity contribution in [3.8, 4) is 0 Å². The number of aliphatic hydroxyl groups is 1. The smallest absolute Gasteiger partial charge is 0.253 e. The number of hydrogen-bond donors (Lipinski definition) is 2. The van der Waals surface area contributed by atoms with Crippen LogP contribution in [-0.2, 0) is 4.79 Å². The molecular weight excluding hydrogens is 288 g/mol. The Kier molecular flexibility index (Phi) is 4.17. The zero-order valence-electron chi connectivity index (χ0n) is 11.7. The number of carbonyl (C=O) groups is 2. The average Bonchev–Trinajstić information content (AvgIpc) is 2.94. The van der Waals surface area contributed by atoms with Crippen molar-refractivity contribution >= 4 is 29.3 Å². The van der Waals surface area contributed by atoms with Gasteiger partial charge in [0.15, 0.2) is 0 Å². The van der Waals surface area contributed by atoms with Gasteiger partial charge in [-0.15, -0.1) is 11.8 Å². The molecule has 2 heterocycles. The maximum absolute atomic E-state index is 12.5. The van der Waals surface area contributed by atoms with E-state index in [9.17, 15) is 9.59 Å². The Morgan fingerprint density at radius 3 is 3.14 bits per heavy atom. The number of anilines is 1. The van der Waals surface area contributed by atoms with E-state index in [4.69, 9.17) is 5.11 Å². The van der Waals surface area contributed by atoms with Crippen LogP contribution in [-0.4, -0.2) is 47.3 Å². The van der Waals surface area contributed by atoms with Crippen molar-refractivity contribution in [3.63, 3.8) is 0 Å². The predicted octanol–water partition coefficient (Wildman–Crippen LogP) is 1.58. The van der Waals surface area contributed by atoms with Gasteiger partial charge in [0.1, 0.15) is 0 Å². The topological polar surface area (TPSA) is 69.6 Å². The molecule has 6 heteroatoms. The lowest BCUT2D eigenvalue weighted by Crippen LogP contribution is -2.29. The summed E-state index contributed by atoms with van der Waals surface area (Å²) in [7, 11) is 0. The maximum atomic E-state index is 12.5. The first kappa shape index (κ1) is 14.4. The molecule has 2 aliphatic heterocycles. The number of thioether (sulfide) groups is 1. The van der Waals surface area contributed by atoms with Crippen molar-refractivity contribution in [1.29, 1.82) is 0 Å². The molecule has 5 nitrogen and oxygen atoms in total. The predicted molar refractivity (Wildman–Crippen MR) is 81.5 cm³/mol. The van der Waals surface area contributed by atoms with E-state index in [2.05, 4.69) is 5.32 Å². The lowest BCUT2D eigenvalue weighted by Gasteiger charge is -2.20. The number of nitrogens with zero attached hydrogens (tertiary/aromatic N) is 1. The molecular formula is C15H18N2O3S. The summed E-state index contributed by atoms with van der Waals surface area (Å²) in [5, 5.41) is 11.8. The minimum absolute atomic E-state index is 0.00284. The summed E-state index contributed by atoms with van der Waals surface area (Å²) in [4.78, 5) is 26.8. The van der Waals surface area contributed by atoms with Gasteiger partial charge in [-0.3, -0.25) is 9.59 Å². The van der Waals surface area contributed by atoms with Crippen LogP contribution >= 0.6 is 11.8 Å². The zero-order chi connectivity index (χ0) is 14.8. The Hall–Kier alpha value is -1.53. The number of likely N-dealkylation sites (tertiary alicyclic amines) is 1. The molecule has 112 valence electrons. The van der Waals surface area contributed by atoms with Gasteiger partial charge in [0, 0.05) is 30.2 Å². The van der Waals surface area contributed by atoms with Gasteiger partial charge in [-0.1, -0.05) is 0 Å². The largest absolute Gasteiger partial charge is 0.396 e. The lowest BCUT2D eigenvalue weighted by molar-refractivity contribution is -0.113. The molecule has 1 unspecified atom stereocenters. The van der Waals surface area contributed by atoms with Crippen LogP contribution < -0.4 is 5.32 Å². The molecule has 2 N–H and O–H groups in total. The average molecular weight is 306 g/mol. The van der Waals surface area contributed by atoms with E-state index in [0.29, 0.717) is 23.8 Å². The Morgan fingerprint density at radius 1 is 1.48 bits per heavy atom. The molecule has 1 aromatic carbocycles. The van der Waals surface area contributed by atoms with Gasteiger partial charge in [0.2, 0.25) is 5.91 Å². The number of benzene rings is 1. The molecule has 0 aromatic heterocycles. The molecule has 0 aliphatic carbocycles. The Labute approximate surface area is 127 Å². The number of carbonyl (C=O) groups excluding carboxylic acids is 2. The highest BCUT2D eigenvalue weighted by atomic mass is 32.2. The number of rotatable bonds is 3. The van der Waals surface area contributed by atoms with E-state index in [1.807, 2.05) is 17.0 Å². The molecule has 2 aliphatic rings. The third kappa shape index (κ3) is 3.06. The second-order valence-corrected chi connectivity index (χ2v) is 6.48. The van der Waals surface area contributed by atoms with E-state index in [-0.39, 0.29) is 18.4 Å². The summed E-state index contributed by atoms with van der Waals surface area (Å²) in [5.74, 6) is 0.797. The van der Waals surface area contributed by atoms with Crippen LogP contribution in [0, 0.1) is 5.92 Å². The number of hydrogen-bond acceptors (Lipinski definition) is 4. The maximum Gasteiger partial charge on any atom is 0.253 e. The van der Waals surface area contributed by atoms with Crippen LogP contribution in [0.15, 0.2) is 23.1 Å². The SMILES string of the molecule is O=C1CSc2ccc(C(=O)N3CCC(CCO)C3)cc2N1. The second kappa shape index (κ2) is 6.07. The van der Waals surface area contributed by atoms with Crippen molar-refractivity contribution in [2.45, 2.75) is 17.7 Å². The van der Waals surface area contributed by atoms with Crippen molar-refractivity contribution in [2.24, 2.45) is 5.92 Å². The van der Waals surface area contributed by atoms with Crippen LogP contribution in [0.4, 0.5) is 5.69 Å². The highest BCUT2D eigenvalue weighted by molar-refractivity contribution is 8.00. The van der Waals surface area contributed by atoms with E-state index in [1.54, 1.807) is 6.07 Å². The van der Waals surface area contributed by atoms with Gasteiger partial charge in [-0.05, 0) is 37.0 Å². The van der Waals surface area contributed by atoms with E-state index in [1.165, 1.54) is 11.8 Å². The fourth-order valence-electron chi connectivity index (χ4n) is 2.83. The minimum atomic E-state index is -0.0266. The molecule has 3 rings (SSSR count). The van der Waals surface area contributed by atoms with Crippen LogP contribution in [0.3, 0.4) is 0 Å². The first-order valence-electron chi connectivity index (χ1n) is 7.14. The van der Waals surface area contributed by atoms with Crippen molar-refractivity contribution < 1.29 is 14.7 Å². The highest BCUT2D eigenvalue weighted by Gasteiger charge is 2.27. The van der Waals surface area contributed by atoms with Crippen molar-refractivity contribution in [1.82, 2.24) is 4.90 Å². The van der Waals surface area contributed by atoms with E-state index >= 15 is 0 Å². The fraction of sp³-hybridized carbons (Fsp3) is 0.467. The van der Waals surface area contributed by atoms with Gasteiger partial charge >= 0.3 is 0 Å². The second-order valence-electron chi connectivity index (χ2n) is 5.47. The summed E-state index contributed by atoms with van der Waals surface area (Å²) in [6, 6.07) is 5.49. The zero-order valence-corrected chi connectivity index (χ0v) is 12.5. The minimum Gasteiger partial charge on any atom is -0.396 e. The Balaban J connectivity index is 1.74. The van der Waals surface area contributed by atoms with Crippen LogP contribution in [0.1, 0.15) is 23.2 Å². The van der Waals surface area contributed by atoms with Gasteiger partial charge in [0.25, 0.3) is 5.91 Å². The van der Waals surface area contributed by atoms with Crippen LogP contribution in [0.2, 0.25) is 0 Å². The summed E-state index contributed by atoms with van der Waals surface area (Å²) in [5.41, 5.74) is 1.34. The molecule has 21 heavy (non-hydrogen) atoms.